The quantitative estimate of drug-likeness (QED) is 0.538. The van der Waals surface area contributed by atoms with Gasteiger partial charge in [0.25, 0.3) is 11.5 Å². The number of aromatic nitrogens is 3. The van der Waals surface area contributed by atoms with Crippen molar-refractivity contribution in [3.63, 3.8) is 0 Å². The van der Waals surface area contributed by atoms with E-state index < -0.39 is 11.2 Å². The van der Waals surface area contributed by atoms with E-state index in [1.807, 2.05) is 61.5 Å². The molecule has 0 spiro atoms. The normalized spacial score (nSPS) is 11.9. The zero-order valence-electron chi connectivity index (χ0n) is 16.3. The first kappa shape index (κ1) is 19.3. The molecular weight excluding hydrogens is 380 g/mol. The van der Waals surface area contributed by atoms with Crippen molar-refractivity contribution in [2.24, 2.45) is 0 Å². The van der Waals surface area contributed by atoms with E-state index in [9.17, 15) is 14.4 Å². The Morgan fingerprint density at radius 1 is 1.07 bits per heavy atom. The summed E-state index contributed by atoms with van der Waals surface area (Å²) in [5, 5.41) is 0.859. The molecule has 0 saturated heterocycles. The third-order valence-corrected chi connectivity index (χ3v) is 5.08. The Morgan fingerprint density at radius 2 is 1.80 bits per heavy atom. The largest absolute Gasteiger partial charge is 0.327 e. The van der Waals surface area contributed by atoms with Gasteiger partial charge in [-0.25, -0.2) is 4.79 Å². The maximum atomic E-state index is 13.5. The fourth-order valence-electron chi connectivity index (χ4n) is 3.39. The molecule has 7 nitrogen and oxygen atoms in total. The Bertz CT molecular complexity index is 1310. The van der Waals surface area contributed by atoms with Crippen molar-refractivity contribution < 1.29 is 4.79 Å². The molecule has 0 aliphatic heterocycles. The number of hydrogen-bond donors (Lipinski definition) is 2. The van der Waals surface area contributed by atoms with Crippen molar-refractivity contribution in [2.45, 2.75) is 19.5 Å². The zero-order valence-corrected chi connectivity index (χ0v) is 16.3. The number of nitrogens with one attached hydrogen (secondary N) is 2. The van der Waals surface area contributed by atoms with Gasteiger partial charge >= 0.3 is 5.69 Å². The molecule has 2 N–H and O–H groups in total. The molecular formula is C23H20N4O3. The van der Waals surface area contributed by atoms with E-state index in [1.165, 1.54) is 6.20 Å². The van der Waals surface area contributed by atoms with Crippen LogP contribution in [0.3, 0.4) is 0 Å². The summed E-state index contributed by atoms with van der Waals surface area (Å²) >= 11 is 0. The lowest BCUT2D eigenvalue weighted by atomic mass is 10.0. The van der Waals surface area contributed by atoms with Crippen LogP contribution < -0.4 is 11.2 Å². The van der Waals surface area contributed by atoms with Gasteiger partial charge in [0.15, 0.2) is 0 Å². The molecule has 150 valence electrons. The fourth-order valence-corrected chi connectivity index (χ4v) is 3.39. The smallest absolute Gasteiger partial charge is 0.325 e. The van der Waals surface area contributed by atoms with Gasteiger partial charge < -0.3 is 9.88 Å². The second-order valence-corrected chi connectivity index (χ2v) is 7.03. The first-order chi connectivity index (χ1) is 14.5. The number of rotatable bonds is 5. The number of para-hydroxylation sites is 1. The third-order valence-electron chi connectivity index (χ3n) is 5.08. The van der Waals surface area contributed by atoms with Crippen LogP contribution in [0.2, 0.25) is 0 Å². The van der Waals surface area contributed by atoms with Crippen LogP contribution in [0.1, 0.15) is 34.5 Å². The highest BCUT2D eigenvalue weighted by Gasteiger charge is 2.24. The van der Waals surface area contributed by atoms with Gasteiger partial charge in [-0.15, -0.1) is 0 Å². The van der Waals surface area contributed by atoms with Gasteiger partial charge in [0, 0.05) is 17.8 Å². The number of carbonyl (C=O) groups excluding carboxylic acids is 1. The van der Waals surface area contributed by atoms with Crippen LogP contribution in [0.25, 0.3) is 10.9 Å². The number of carbonyl (C=O) groups is 1. The lowest BCUT2D eigenvalue weighted by molar-refractivity contribution is 0.0673. The maximum absolute atomic E-state index is 13.5. The predicted octanol–water partition coefficient (Wildman–Crippen LogP) is 3.02. The summed E-state index contributed by atoms with van der Waals surface area (Å²) < 4.78 is 0. The molecule has 1 unspecified atom stereocenters. The van der Waals surface area contributed by atoms with Gasteiger partial charge in [0.2, 0.25) is 0 Å². The number of fused-ring (bicyclic) bond motifs is 1. The van der Waals surface area contributed by atoms with Crippen LogP contribution in [0.5, 0.6) is 0 Å². The third kappa shape index (κ3) is 3.91. The van der Waals surface area contributed by atoms with E-state index in [4.69, 9.17) is 0 Å². The Morgan fingerprint density at radius 3 is 2.57 bits per heavy atom. The summed E-state index contributed by atoms with van der Waals surface area (Å²) in [5.41, 5.74) is 1.34. The maximum Gasteiger partial charge on any atom is 0.325 e. The average Bonchev–Trinajstić information content (AvgIpc) is 2.78. The minimum atomic E-state index is -0.587. The number of benzene rings is 2. The average molecular weight is 400 g/mol. The Balaban J connectivity index is 1.75. The van der Waals surface area contributed by atoms with Gasteiger partial charge in [-0.2, -0.15) is 0 Å². The molecule has 0 aliphatic rings. The molecule has 1 amide bonds. The lowest BCUT2D eigenvalue weighted by Crippen LogP contribution is -2.36. The minimum absolute atomic E-state index is 0.0356. The van der Waals surface area contributed by atoms with Crippen molar-refractivity contribution in [1.82, 2.24) is 19.9 Å². The number of hydrogen-bond acceptors (Lipinski definition) is 4. The number of H-pyrrole nitrogens is 2. The molecule has 2 aromatic heterocycles. The van der Waals surface area contributed by atoms with Crippen molar-refractivity contribution in [3.05, 3.63) is 111 Å². The van der Waals surface area contributed by atoms with Gasteiger partial charge in [0.05, 0.1) is 29.2 Å². The molecule has 0 fully saturated rings. The topological polar surface area (TPSA) is 98.9 Å². The number of nitrogens with zero attached hydrogens (tertiary/aromatic N) is 2. The van der Waals surface area contributed by atoms with Gasteiger partial charge in [-0.05, 0) is 24.6 Å². The minimum Gasteiger partial charge on any atom is -0.327 e. The summed E-state index contributed by atoms with van der Waals surface area (Å²) in [7, 11) is 0. The zero-order chi connectivity index (χ0) is 21.1. The molecule has 2 heterocycles. The summed E-state index contributed by atoms with van der Waals surface area (Å²) in [6.45, 7) is 1.94. The highest BCUT2D eigenvalue weighted by atomic mass is 16.2. The Kier molecular flexibility index (Phi) is 5.26. The van der Waals surface area contributed by atoms with Crippen LogP contribution >= 0.6 is 0 Å². The molecule has 0 radical (unpaired) electrons. The van der Waals surface area contributed by atoms with Crippen LogP contribution in [-0.4, -0.2) is 25.8 Å². The van der Waals surface area contributed by atoms with E-state index in [2.05, 4.69) is 15.0 Å². The van der Waals surface area contributed by atoms with E-state index in [0.717, 1.165) is 16.5 Å². The Labute approximate surface area is 172 Å². The molecule has 0 aliphatic carbocycles. The van der Waals surface area contributed by atoms with Crippen LogP contribution in [0, 0.1) is 0 Å². The molecule has 7 heteroatoms. The van der Waals surface area contributed by atoms with Crippen LogP contribution in [0.15, 0.2) is 82.6 Å². The molecule has 4 aromatic rings. The summed E-state index contributed by atoms with van der Waals surface area (Å²) in [5.74, 6) is -0.254. The van der Waals surface area contributed by atoms with Crippen molar-refractivity contribution in [2.75, 3.05) is 0 Å². The van der Waals surface area contributed by atoms with E-state index in [1.54, 1.807) is 17.2 Å². The monoisotopic (exact) mass is 400 g/mol. The highest BCUT2D eigenvalue weighted by Crippen LogP contribution is 2.24. The molecule has 4 rings (SSSR count). The molecule has 0 saturated carbocycles. The fraction of sp³-hybridized carbons (Fsp3) is 0.130. The van der Waals surface area contributed by atoms with Gasteiger partial charge in [0.1, 0.15) is 0 Å². The van der Waals surface area contributed by atoms with Crippen LogP contribution in [-0.2, 0) is 6.54 Å². The molecule has 1 atom stereocenters. The lowest BCUT2D eigenvalue weighted by Gasteiger charge is -2.29. The first-order valence-electron chi connectivity index (χ1n) is 9.54. The summed E-state index contributed by atoms with van der Waals surface area (Å²) in [6.07, 6.45) is 2.89. The highest BCUT2D eigenvalue weighted by molar-refractivity contribution is 5.97. The number of aromatic amines is 2. The Hall–Kier alpha value is -4.00. The van der Waals surface area contributed by atoms with Crippen LogP contribution in [0.4, 0.5) is 0 Å². The van der Waals surface area contributed by atoms with E-state index in [0.29, 0.717) is 11.1 Å². The van der Waals surface area contributed by atoms with Crippen molar-refractivity contribution in [1.29, 1.82) is 0 Å². The van der Waals surface area contributed by atoms with Gasteiger partial charge in [-0.1, -0.05) is 48.5 Å². The standard InChI is InChI=1S/C23H20N4O3/c1-15(16-7-3-2-4-8-16)27(14-19-13-25-23(30)26-21(19)28)22(29)18-11-17-9-5-6-10-20(17)24-12-18/h2-13,15H,14H2,1H3,(H2,25,26,28,30). The second-order valence-electron chi connectivity index (χ2n) is 7.03. The molecule has 30 heavy (non-hydrogen) atoms. The summed E-state index contributed by atoms with van der Waals surface area (Å²) in [4.78, 5) is 47.8. The van der Waals surface area contributed by atoms with E-state index in [-0.39, 0.29) is 18.5 Å². The second kappa shape index (κ2) is 8.16. The van der Waals surface area contributed by atoms with Crippen molar-refractivity contribution >= 4 is 16.8 Å². The number of pyridine rings is 1. The predicted molar refractivity (Wildman–Crippen MR) is 114 cm³/mol. The van der Waals surface area contributed by atoms with Gasteiger partial charge in [-0.3, -0.25) is 19.6 Å². The molecule has 0 bridgehead atoms. The van der Waals surface area contributed by atoms with E-state index >= 15 is 0 Å². The SMILES string of the molecule is CC(c1ccccc1)N(Cc1c[nH]c(=O)[nH]c1=O)C(=O)c1cnc2ccccc2c1. The van der Waals surface area contributed by atoms with Crippen molar-refractivity contribution in [3.8, 4) is 0 Å². The first-order valence-corrected chi connectivity index (χ1v) is 9.54. The number of amides is 1. The molecule has 2 aromatic carbocycles. The summed E-state index contributed by atoms with van der Waals surface area (Å²) in [6, 6.07) is 18.6.